The van der Waals surface area contributed by atoms with Gasteiger partial charge in [0.05, 0.1) is 11.3 Å². The molecule has 3 nitrogen and oxygen atoms in total. The Morgan fingerprint density at radius 2 is 2.24 bits per heavy atom. The van der Waals surface area contributed by atoms with E-state index in [1.807, 2.05) is 19.9 Å². The van der Waals surface area contributed by atoms with Gasteiger partial charge >= 0.3 is 0 Å². The van der Waals surface area contributed by atoms with E-state index in [0.717, 1.165) is 0 Å². The van der Waals surface area contributed by atoms with Crippen molar-refractivity contribution in [2.75, 3.05) is 0 Å². The number of rotatable bonds is 1. The minimum atomic E-state index is -1.24. The standard InChI is InChI=1S/C13H17FN2O/c1-7(2)12-15-9-6-4-5-8(3)11(14)10(9)13(17)16-12/h4,6-8,11H,5H2,1-3H3,(H,15,16,17). The molecule has 2 unspecified atom stereocenters. The lowest BCUT2D eigenvalue weighted by molar-refractivity contribution is 0.246. The van der Waals surface area contributed by atoms with E-state index in [1.165, 1.54) is 0 Å². The minimum Gasteiger partial charge on any atom is -0.310 e. The lowest BCUT2D eigenvalue weighted by Crippen LogP contribution is -2.22. The number of nitrogens with zero attached hydrogens (tertiary/aromatic N) is 1. The first kappa shape index (κ1) is 12.0. The highest BCUT2D eigenvalue weighted by molar-refractivity contribution is 5.51. The zero-order chi connectivity index (χ0) is 12.6. The van der Waals surface area contributed by atoms with Gasteiger partial charge in [-0.1, -0.05) is 26.8 Å². The predicted octanol–water partition coefficient (Wildman–Crippen LogP) is 2.96. The van der Waals surface area contributed by atoms with Crippen LogP contribution in [-0.2, 0) is 0 Å². The Bertz CT molecular complexity index is 505. The van der Waals surface area contributed by atoms with E-state index in [4.69, 9.17) is 0 Å². The van der Waals surface area contributed by atoms with Gasteiger partial charge in [-0.2, -0.15) is 0 Å². The van der Waals surface area contributed by atoms with Crippen molar-refractivity contribution in [3.05, 3.63) is 33.5 Å². The fourth-order valence-electron chi connectivity index (χ4n) is 1.98. The van der Waals surface area contributed by atoms with Gasteiger partial charge in [0.2, 0.25) is 0 Å². The molecule has 2 rings (SSSR count). The Balaban J connectivity index is 2.62. The van der Waals surface area contributed by atoms with Gasteiger partial charge in [-0.15, -0.1) is 0 Å². The summed E-state index contributed by atoms with van der Waals surface area (Å²) >= 11 is 0. The minimum absolute atomic E-state index is 0.125. The van der Waals surface area contributed by atoms with E-state index in [0.29, 0.717) is 17.9 Å². The van der Waals surface area contributed by atoms with Gasteiger partial charge in [0.25, 0.3) is 5.56 Å². The molecule has 1 heterocycles. The maximum Gasteiger partial charge on any atom is 0.257 e. The van der Waals surface area contributed by atoms with Crippen LogP contribution < -0.4 is 5.56 Å². The van der Waals surface area contributed by atoms with Crippen LogP contribution in [-0.4, -0.2) is 9.97 Å². The molecule has 0 amide bonds. The third-order valence-electron chi connectivity index (χ3n) is 3.11. The number of H-pyrrole nitrogens is 1. The van der Waals surface area contributed by atoms with E-state index in [-0.39, 0.29) is 23.0 Å². The number of nitrogens with one attached hydrogen (secondary N) is 1. The normalized spacial score (nSPS) is 23.6. The number of alkyl halides is 1. The summed E-state index contributed by atoms with van der Waals surface area (Å²) in [4.78, 5) is 18.9. The van der Waals surface area contributed by atoms with E-state index >= 15 is 0 Å². The summed E-state index contributed by atoms with van der Waals surface area (Å²) in [5, 5.41) is 0. The Kier molecular flexibility index (Phi) is 3.13. The molecule has 0 aromatic carbocycles. The number of aromatic amines is 1. The maximum absolute atomic E-state index is 14.1. The van der Waals surface area contributed by atoms with Crippen LogP contribution in [0.4, 0.5) is 4.39 Å². The highest BCUT2D eigenvalue weighted by Gasteiger charge is 2.26. The zero-order valence-electron chi connectivity index (χ0n) is 10.3. The zero-order valence-corrected chi connectivity index (χ0v) is 10.3. The molecule has 2 atom stereocenters. The summed E-state index contributed by atoms with van der Waals surface area (Å²) in [5.41, 5.74) is 0.314. The molecular formula is C13H17FN2O. The molecule has 0 saturated carbocycles. The summed E-state index contributed by atoms with van der Waals surface area (Å²) in [6, 6.07) is 0. The van der Waals surface area contributed by atoms with Crippen LogP contribution in [0.15, 0.2) is 10.9 Å². The molecule has 1 aromatic heterocycles. The lowest BCUT2D eigenvalue weighted by Gasteiger charge is -2.15. The molecular weight excluding hydrogens is 219 g/mol. The number of halogens is 1. The van der Waals surface area contributed by atoms with Gasteiger partial charge in [0.15, 0.2) is 0 Å². The summed E-state index contributed by atoms with van der Waals surface area (Å²) < 4.78 is 14.1. The largest absolute Gasteiger partial charge is 0.310 e. The second-order valence-electron chi connectivity index (χ2n) is 4.92. The molecule has 0 spiro atoms. The van der Waals surface area contributed by atoms with Crippen molar-refractivity contribution in [2.45, 2.75) is 39.3 Å². The average Bonchev–Trinajstić information content (AvgIpc) is 2.40. The van der Waals surface area contributed by atoms with Crippen molar-refractivity contribution in [3.63, 3.8) is 0 Å². The smallest absolute Gasteiger partial charge is 0.257 e. The highest BCUT2D eigenvalue weighted by atomic mass is 19.1. The summed E-state index contributed by atoms with van der Waals surface area (Å²) in [6.07, 6.45) is 3.04. The number of allylic oxidation sites excluding steroid dienone is 1. The topological polar surface area (TPSA) is 45.8 Å². The Hall–Kier alpha value is -1.45. The number of hydrogen-bond acceptors (Lipinski definition) is 2. The van der Waals surface area contributed by atoms with Crippen LogP contribution in [0.1, 0.15) is 56.4 Å². The van der Waals surface area contributed by atoms with E-state index in [1.54, 1.807) is 13.0 Å². The van der Waals surface area contributed by atoms with Gasteiger partial charge in [-0.05, 0) is 18.4 Å². The molecule has 0 fully saturated rings. The molecule has 17 heavy (non-hydrogen) atoms. The first-order chi connectivity index (χ1) is 8.00. The number of hydrogen-bond donors (Lipinski definition) is 1. The molecule has 1 aliphatic carbocycles. The van der Waals surface area contributed by atoms with Crippen molar-refractivity contribution >= 4 is 6.08 Å². The molecule has 1 aliphatic rings. The van der Waals surface area contributed by atoms with Gasteiger partial charge < -0.3 is 4.98 Å². The first-order valence-electron chi connectivity index (χ1n) is 5.95. The van der Waals surface area contributed by atoms with Crippen LogP contribution in [0.2, 0.25) is 0 Å². The summed E-state index contributed by atoms with van der Waals surface area (Å²) in [6.45, 7) is 5.70. The third-order valence-corrected chi connectivity index (χ3v) is 3.11. The molecule has 0 aliphatic heterocycles. The van der Waals surface area contributed by atoms with Crippen LogP contribution in [0.5, 0.6) is 0 Å². The van der Waals surface area contributed by atoms with E-state index in [2.05, 4.69) is 9.97 Å². The highest BCUT2D eigenvalue weighted by Crippen LogP contribution is 2.31. The Morgan fingerprint density at radius 1 is 1.53 bits per heavy atom. The quantitative estimate of drug-likeness (QED) is 0.814. The molecule has 4 heteroatoms. The SMILES string of the molecule is CC(C)c1nc2c(c(=O)[nH]1)C(F)C(C)CC=C2. The second kappa shape index (κ2) is 4.43. The molecule has 0 radical (unpaired) electrons. The van der Waals surface area contributed by atoms with E-state index < -0.39 is 6.17 Å². The maximum atomic E-state index is 14.1. The van der Waals surface area contributed by atoms with Crippen molar-refractivity contribution in [2.24, 2.45) is 5.92 Å². The van der Waals surface area contributed by atoms with Gasteiger partial charge in [0, 0.05) is 5.92 Å². The first-order valence-corrected chi connectivity index (χ1v) is 5.95. The second-order valence-corrected chi connectivity index (χ2v) is 4.92. The molecule has 0 saturated heterocycles. The fourth-order valence-corrected chi connectivity index (χ4v) is 1.98. The van der Waals surface area contributed by atoms with Gasteiger partial charge in [-0.25, -0.2) is 9.37 Å². The summed E-state index contributed by atoms with van der Waals surface area (Å²) in [7, 11) is 0. The van der Waals surface area contributed by atoms with Crippen molar-refractivity contribution in [1.82, 2.24) is 9.97 Å². The fraction of sp³-hybridized carbons (Fsp3) is 0.538. The van der Waals surface area contributed by atoms with Gasteiger partial charge in [0.1, 0.15) is 12.0 Å². The van der Waals surface area contributed by atoms with Crippen LogP contribution in [0.25, 0.3) is 6.08 Å². The molecule has 92 valence electrons. The third kappa shape index (κ3) is 2.16. The Morgan fingerprint density at radius 3 is 2.88 bits per heavy atom. The molecule has 1 aromatic rings. The van der Waals surface area contributed by atoms with E-state index in [9.17, 15) is 9.18 Å². The average molecular weight is 236 g/mol. The van der Waals surface area contributed by atoms with Crippen molar-refractivity contribution in [3.8, 4) is 0 Å². The Labute approximate surface area is 99.8 Å². The van der Waals surface area contributed by atoms with Gasteiger partial charge in [-0.3, -0.25) is 4.79 Å². The molecule has 0 bridgehead atoms. The van der Waals surface area contributed by atoms with Crippen molar-refractivity contribution in [1.29, 1.82) is 0 Å². The number of aromatic nitrogens is 2. The monoisotopic (exact) mass is 236 g/mol. The number of fused-ring (bicyclic) bond motifs is 1. The van der Waals surface area contributed by atoms with Crippen LogP contribution >= 0.6 is 0 Å². The lowest BCUT2D eigenvalue weighted by atomic mass is 9.98. The van der Waals surface area contributed by atoms with Crippen LogP contribution in [0.3, 0.4) is 0 Å². The predicted molar refractivity (Wildman–Crippen MR) is 65.6 cm³/mol. The molecule has 1 N–H and O–H groups in total. The van der Waals surface area contributed by atoms with Crippen LogP contribution in [0, 0.1) is 5.92 Å². The summed E-state index contributed by atoms with van der Waals surface area (Å²) in [5.74, 6) is 0.556. The van der Waals surface area contributed by atoms with Crippen molar-refractivity contribution < 1.29 is 4.39 Å².